The second-order valence-corrected chi connectivity index (χ2v) is 4.43. The summed E-state index contributed by atoms with van der Waals surface area (Å²) in [5.74, 6) is 0.0657. The molecule has 1 fully saturated rings. The molecule has 0 spiro atoms. The predicted octanol–water partition coefficient (Wildman–Crippen LogP) is 1.43. The summed E-state index contributed by atoms with van der Waals surface area (Å²) >= 11 is 0. The molecule has 2 rings (SSSR count). The van der Waals surface area contributed by atoms with E-state index < -0.39 is 0 Å². The van der Waals surface area contributed by atoms with Crippen molar-refractivity contribution in [2.45, 2.75) is 19.1 Å². The van der Waals surface area contributed by atoms with Gasteiger partial charge in [-0.3, -0.25) is 4.79 Å². The second kappa shape index (κ2) is 6.73. The molecule has 0 saturated carbocycles. The van der Waals surface area contributed by atoms with Crippen LogP contribution in [-0.4, -0.2) is 37.0 Å². The minimum Gasteiger partial charge on any atom is -0.380 e. The lowest BCUT2D eigenvalue weighted by Crippen LogP contribution is -2.31. The minimum absolute atomic E-state index is 0. The van der Waals surface area contributed by atoms with Gasteiger partial charge in [0.1, 0.15) is 0 Å². The number of carbonyl (C=O) groups excluding carboxylic acids is 1. The van der Waals surface area contributed by atoms with Crippen LogP contribution in [0, 0.1) is 0 Å². The van der Waals surface area contributed by atoms with Crippen molar-refractivity contribution in [1.29, 1.82) is 0 Å². The molecule has 0 unspecified atom stereocenters. The fourth-order valence-electron chi connectivity index (χ4n) is 2.12. The van der Waals surface area contributed by atoms with E-state index in [1.54, 1.807) is 7.11 Å². The third-order valence-electron chi connectivity index (χ3n) is 3.00. The van der Waals surface area contributed by atoms with Crippen LogP contribution < -0.4 is 5.73 Å². The highest BCUT2D eigenvalue weighted by molar-refractivity contribution is 5.94. The average Bonchev–Trinajstić information content (AvgIpc) is 2.76. The maximum absolute atomic E-state index is 12.2. The van der Waals surface area contributed by atoms with Crippen LogP contribution >= 0.6 is 12.4 Å². The Morgan fingerprint density at radius 3 is 2.94 bits per heavy atom. The standard InChI is InChI=1S/C13H18N2O2.ClH/c1-17-9-10-3-2-4-11(7-10)13(16)15-6-5-12(14)8-15;/h2-4,7,12H,5-6,8-9,14H2,1H3;1H/t12-;/m1./s1. The topological polar surface area (TPSA) is 55.6 Å². The number of nitrogens with zero attached hydrogens (tertiary/aromatic N) is 1. The molecule has 1 aliphatic rings. The molecular weight excluding hydrogens is 252 g/mol. The van der Waals surface area contributed by atoms with Gasteiger partial charge in [0.25, 0.3) is 5.91 Å². The molecule has 0 aromatic heterocycles. The first-order chi connectivity index (χ1) is 8.20. The zero-order chi connectivity index (χ0) is 12.3. The number of ether oxygens (including phenoxy) is 1. The Balaban J connectivity index is 0.00000162. The molecular formula is C13H19ClN2O2. The van der Waals surface area contributed by atoms with Crippen LogP contribution in [-0.2, 0) is 11.3 Å². The monoisotopic (exact) mass is 270 g/mol. The van der Waals surface area contributed by atoms with E-state index in [2.05, 4.69) is 0 Å². The van der Waals surface area contributed by atoms with Crippen LogP contribution in [0.1, 0.15) is 22.3 Å². The average molecular weight is 271 g/mol. The van der Waals surface area contributed by atoms with Gasteiger partial charge >= 0.3 is 0 Å². The maximum Gasteiger partial charge on any atom is 0.253 e. The largest absolute Gasteiger partial charge is 0.380 e. The molecule has 1 atom stereocenters. The van der Waals surface area contributed by atoms with Gasteiger partial charge in [0.15, 0.2) is 0 Å². The minimum atomic E-state index is 0. The molecule has 1 heterocycles. The van der Waals surface area contributed by atoms with Gasteiger partial charge < -0.3 is 15.4 Å². The van der Waals surface area contributed by atoms with Crippen molar-refractivity contribution >= 4 is 18.3 Å². The van der Waals surface area contributed by atoms with Gasteiger partial charge in [0.2, 0.25) is 0 Å². The van der Waals surface area contributed by atoms with Crippen LogP contribution in [0.3, 0.4) is 0 Å². The summed E-state index contributed by atoms with van der Waals surface area (Å²) in [7, 11) is 1.65. The number of rotatable bonds is 3. The molecule has 4 nitrogen and oxygen atoms in total. The Hall–Kier alpha value is -1.10. The van der Waals surface area contributed by atoms with Crippen molar-refractivity contribution in [2.24, 2.45) is 5.73 Å². The van der Waals surface area contributed by atoms with Crippen molar-refractivity contribution in [2.75, 3.05) is 20.2 Å². The number of halogens is 1. The summed E-state index contributed by atoms with van der Waals surface area (Å²) < 4.78 is 5.06. The predicted molar refractivity (Wildman–Crippen MR) is 72.9 cm³/mol. The number of amides is 1. The second-order valence-electron chi connectivity index (χ2n) is 4.43. The lowest BCUT2D eigenvalue weighted by Gasteiger charge is -2.16. The Kier molecular flexibility index (Phi) is 5.59. The third kappa shape index (κ3) is 3.45. The third-order valence-corrected chi connectivity index (χ3v) is 3.00. The molecule has 18 heavy (non-hydrogen) atoms. The lowest BCUT2D eigenvalue weighted by molar-refractivity contribution is 0.0790. The van der Waals surface area contributed by atoms with Gasteiger partial charge in [-0.05, 0) is 24.1 Å². The van der Waals surface area contributed by atoms with Gasteiger partial charge in [-0.15, -0.1) is 12.4 Å². The van der Waals surface area contributed by atoms with Crippen LogP contribution in [0.25, 0.3) is 0 Å². The van der Waals surface area contributed by atoms with Crippen molar-refractivity contribution in [1.82, 2.24) is 4.90 Å². The molecule has 0 bridgehead atoms. The molecule has 1 aliphatic heterocycles. The molecule has 0 radical (unpaired) electrons. The van der Waals surface area contributed by atoms with Crippen molar-refractivity contribution < 1.29 is 9.53 Å². The van der Waals surface area contributed by atoms with Crippen molar-refractivity contribution in [3.05, 3.63) is 35.4 Å². The molecule has 0 aliphatic carbocycles. The lowest BCUT2D eigenvalue weighted by atomic mass is 10.1. The van der Waals surface area contributed by atoms with Gasteiger partial charge in [0, 0.05) is 31.8 Å². The normalized spacial score (nSPS) is 18.6. The quantitative estimate of drug-likeness (QED) is 0.904. The molecule has 100 valence electrons. The van der Waals surface area contributed by atoms with Crippen LogP contribution in [0.2, 0.25) is 0 Å². The fourth-order valence-corrected chi connectivity index (χ4v) is 2.12. The van der Waals surface area contributed by atoms with E-state index in [-0.39, 0.29) is 24.4 Å². The number of hydrogen-bond acceptors (Lipinski definition) is 3. The van der Waals surface area contributed by atoms with Gasteiger partial charge in [-0.2, -0.15) is 0 Å². The first-order valence-corrected chi connectivity index (χ1v) is 5.83. The van der Waals surface area contributed by atoms with E-state index in [9.17, 15) is 4.79 Å². The summed E-state index contributed by atoms with van der Waals surface area (Å²) in [6.07, 6.45) is 0.892. The van der Waals surface area contributed by atoms with E-state index in [4.69, 9.17) is 10.5 Å². The molecule has 1 amide bonds. The fraction of sp³-hybridized carbons (Fsp3) is 0.462. The number of methoxy groups -OCH3 is 1. The van der Waals surface area contributed by atoms with E-state index >= 15 is 0 Å². The SMILES string of the molecule is COCc1cccc(C(=O)N2CC[C@@H](N)C2)c1.Cl. The highest BCUT2D eigenvalue weighted by Gasteiger charge is 2.24. The Labute approximate surface area is 114 Å². The van der Waals surface area contributed by atoms with Crippen molar-refractivity contribution in [3.63, 3.8) is 0 Å². The Bertz CT molecular complexity index is 412. The van der Waals surface area contributed by atoms with E-state index in [0.29, 0.717) is 18.7 Å². The summed E-state index contributed by atoms with van der Waals surface area (Å²) in [6.45, 7) is 1.95. The van der Waals surface area contributed by atoms with Crippen LogP contribution in [0.15, 0.2) is 24.3 Å². The van der Waals surface area contributed by atoms with Gasteiger partial charge in [-0.25, -0.2) is 0 Å². The smallest absolute Gasteiger partial charge is 0.253 e. The summed E-state index contributed by atoms with van der Waals surface area (Å²) in [4.78, 5) is 14.0. The van der Waals surface area contributed by atoms with Crippen LogP contribution in [0.5, 0.6) is 0 Å². The molecule has 1 saturated heterocycles. The van der Waals surface area contributed by atoms with Crippen molar-refractivity contribution in [3.8, 4) is 0 Å². The van der Waals surface area contributed by atoms with E-state index in [1.807, 2.05) is 29.2 Å². The summed E-state index contributed by atoms with van der Waals surface area (Å²) in [5, 5.41) is 0. The molecule has 2 N–H and O–H groups in total. The number of carbonyl (C=O) groups is 1. The van der Waals surface area contributed by atoms with Crippen LogP contribution in [0.4, 0.5) is 0 Å². The number of benzene rings is 1. The molecule has 5 heteroatoms. The van der Waals surface area contributed by atoms with Gasteiger partial charge in [-0.1, -0.05) is 12.1 Å². The highest BCUT2D eigenvalue weighted by atomic mass is 35.5. The highest BCUT2D eigenvalue weighted by Crippen LogP contribution is 2.14. The van der Waals surface area contributed by atoms with Gasteiger partial charge in [0.05, 0.1) is 6.61 Å². The number of likely N-dealkylation sites (tertiary alicyclic amines) is 1. The number of nitrogens with two attached hydrogens (primary N) is 1. The first-order valence-electron chi connectivity index (χ1n) is 5.83. The Morgan fingerprint density at radius 1 is 1.56 bits per heavy atom. The van der Waals surface area contributed by atoms with E-state index in [0.717, 1.165) is 18.5 Å². The molecule has 1 aromatic rings. The maximum atomic E-state index is 12.2. The Morgan fingerprint density at radius 2 is 2.33 bits per heavy atom. The summed E-state index contributed by atoms with van der Waals surface area (Å²) in [5.41, 5.74) is 7.54. The molecule has 1 aromatic carbocycles. The zero-order valence-electron chi connectivity index (χ0n) is 10.5. The zero-order valence-corrected chi connectivity index (χ0v) is 11.3. The summed E-state index contributed by atoms with van der Waals surface area (Å²) in [6, 6.07) is 7.69. The van der Waals surface area contributed by atoms with E-state index in [1.165, 1.54) is 0 Å². The number of hydrogen-bond donors (Lipinski definition) is 1. The first kappa shape index (κ1) is 15.0.